The molecule has 0 aromatic heterocycles. The van der Waals surface area contributed by atoms with Gasteiger partial charge in [-0.25, -0.2) is 0 Å². The number of benzene rings is 4. The van der Waals surface area contributed by atoms with Crippen LogP contribution in [0.25, 0.3) is 10.8 Å². The maximum Gasteiger partial charge on any atom is 0.261 e. The van der Waals surface area contributed by atoms with Gasteiger partial charge in [-0.3, -0.25) is 0 Å². The molecule has 10 rings (SSSR count). The first kappa shape index (κ1) is 60.3. The van der Waals surface area contributed by atoms with Gasteiger partial charge in [0.1, 0.15) is 24.6 Å². The van der Waals surface area contributed by atoms with Crippen LogP contribution >= 0.6 is 0 Å². The lowest BCUT2D eigenvalue weighted by molar-refractivity contribution is -0.352. The Balaban J connectivity index is 0.955. The van der Waals surface area contributed by atoms with E-state index in [2.05, 4.69) is 200 Å². The second kappa shape index (κ2) is 23.9. The Morgan fingerprint density at radius 3 is 1.90 bits per heavy atom. The Bertz CT molecular complexity index is 2600. The summed E-state index contributed by atoms with van der Waals surface area (Å²) in [5.41, 5.74) is 1.45. The van der Waals surface area contributed by atoms with Gasteiger partial charge in [0.05, 0.1) is 62.5 Å². The van der Waals surface area contributed by atoms with Gasteiger partial charge in [-0.1, -0.05) is 187 Å². The first-order valence-corrected chi connectivity index (χ1v) is 34.8. The summed E-state index contributed by atoms with van der Waals surface area (Å²) in [6.07, 6.45) is 2.14. The van der Waals surface area contributed by atoms with Crippen molar-refractivity contribution in [2.24, 2.45) is 23.7 Å². The quantitative estimate of drug-likeness (QED) is 0.0509. The second-order valence-electron chi connectivity index (χ2n) is 27.4. The van der Waals surface area contributed by atoms with Crippen molar-refractivity contribution in [3.63, 3.8) is 0 Å². The smallest absolute Gasteiger partial charge is 0.261 e. The maximum atomic E-state index is 8.00. The molecule has 11 nitrogen and oxygen atoms in total. The van der Waals surface area contributed by atoms with Crippen molar-refractivity contribution in [1.29, 1.82) is 0 Å². The van der Waals surface area contributed by atoms with Gasteiger partial charge >= 0.3 is 0 Å². The molecule has 0 N–H and O–H groups in total. The summed E-state index contributed by atoms with van der Waals surface area (Å²) in [5.74, 6) is -1.48. The molecule has 4 aromatic carbocycles. The molecule has 6 aliphatic rings. The van der Waals surface area contributed by atoms with Crippen LogP contribution in [0.15, 0.2) is 103 Å². The van der Waals surface area contributed by atoms with Gasteiger partial charge in [0.15, 0.2) is 5.79 Å². The van der Waals surface area contributed by atoms with Gasteiger partial charge in [-0.05, 0) is 92.5 Å². The molecule has 1 spiro atoms. The molecule has 0 amide bonds. The van der Waals surface area contributed by atoms with Crippen molar-refractivity contribution in [3.05, 3.63) is 109 Å². The van der Waals surface area contributed by atoms with E-state index in [4.69, 9.17) is 51.5 Å². The van der Waals surface area contributed by atoms with Crippen molar-refractivity contribution in [3.8, 4) is 0 Å². The molecule has 0 bridgehead atoms. The van der Waals surface area contributed by atoms with E-state index in [0.29, 0.717) is 49.3 Å². The minimum absolute atomic E-state index is 0.0862. The standard InChI is InChI=1S/C67H98O11Si2/c1-43(2)79(44(3)4,45(5)6)78-59-38-55-57(74-65(59,14)41-72-80(64(11,12)13,53-27-18-16-19-28-53)54-29-20-17-21-30-54)35-46(7)36-58-56(73-55)39-60-67(75-58,76-60)49(10)62(69-40-50-31-32-51-25-22-23-26-52(51)37-50)63-61(70-42-68-15)47(8)48(9)66(77-63)33-24-34-71-66/h16-23,25-32,37,43-49,55-63H,24,33-36,38-42H2,1-15H3/t46-,47-,48-,49-,55-,56+,57+,58-,59+,60+,61+,62-,63+,65-,66+,67+/m0/s1. The van der Waals surface area contributed by atoms with Crippen molar-refractivity contribution >= 4 is 37.8 Å². The number of rotatable bonds is 19. The summed E-state index contributed by atoms with van der Waals surface area (Å²) in [7, 11) is -3.74. The monoisotopic (exact) mass is 1130 g/mol. The number of epoxide rings is 1. The average molecular weight is 1140 g/mol. The molecule has 6 aliphatic heterocycles. The molecular formula is C67H98O11Si2. The molecule has 80 heavy (non-hydrogen) atoms. The number of hydrogen-bond donors (Lipinski definition) is 0. The number of fused-ring (bicyclic) bond motifs is 4. The van der Waals surface area contributed by atoms with Gasteiger partial charge in [-0.2, -0.15) is 0 Å². The molecule has 4 aromatic rings. The molecule has 6 fully saturated rings. The fourth-order valence-electron chi connectivity index (χ4n) is 16.0. The maximum absolute atomic E-state index is 8.00. The highest BCUT2D eigenvalue weighted by Crippen LogP contribution is 2.58. The highest BCUT2D eigenvalue weighted by molar-refractivity contribution is 6.99. The van der Waals surface area contributed by atoms with Crippen molar-refractivity contribution < 1.29 is 51.5 Å². The van der Waals surface area contributed by atoms with E-state index in [1.807, 2.05) is 0 Å². The Hall–Kier alpha value is -2.87. The lowest BCUT2D eigenvalue weighted by Gasteiger charge is -2.55. The van der Waals surface area contributed by atoms with Crippen LogP contribution in [0, 0.1) is 23.7 Å². The Morgan fingerprint density at radius 2 is 1.30 bits per heavy atom. The Morgan fingerprint density at radius 1 is 0.688 bits per heavy atom. The second-order valence-corrected chi connectivity index (χ2v) is 37.1. The zero-order valence-electron chi connectivity index (χ0n) is 51.1. The van der Waals surface area contributed by atoms with Gasteiger partial charge in [-0.15, -0.1) is 0 Å². The van der Waals surface area contributed by atoms with E-state index < -0.39 is 46.0 Å². The SMILES string of the molecule is COCO[C@@H]1[C@@H](C)[C@H](C)[C@@]2(CCCO2)O[C@H]1[C@@H](OCc1ccc2ccccc2c1)[C@H](C)[C@]12O[C@H]3C[C@@H](C)C[C@H]4O[C@@](C)(CO[Si](c5ccccc5)(c5ccccc5)C(C)(C)C)[C@H](O[Si](C(C)C)(C(C)C)C(C)C)C[C@@H]4O[C@@H]3C[C@H]1O2. The van der Waals surface area contributed by atoms with Gasteiger partial charge < -0.3 is 51.5 Å². The zero-order valence-corrected chi connectivity index (χ0v) is 53.1. The fourth-order valence-corrected chi connectivity index (χ4v) is 26.3. The number of ether oxygens (including phenoxy) is 9. The van der Waals surface area contributed by atoms with E-state index in [1.165, 1.54) is 21.1 Å². The van der Waals surface area contributed by atoms with Crippen molar-refractivity contribution in [2.75, 3.05) is 27.1 Å². The van der Waals surface area contributed by atoms with Crippen LogP contribution < -0.4 is 10.4 Å². The van der Waals surface area contributed by atoms with E-state index in [-0.39, 0.29) is 78.2 Å². The summed E-state index contributed by atoms with van der Waals surface area (Å²) in [6.45, 7) is 34.3. The Kier molecular flexibility index (Phi) is 18.0. The fraction of sp³-hybridized carbons (Fsp3) is 0.672. The van der Waals surface area contributed by atoms with Crippen LogP contribution in [-0.4, -0.2) is 116 Å². The average Bonchev–Trinajstić information content (AvgIpc) is 4.18. The normalized spacial score (nSPS) is 34.7. The van der Waals surface area contributed by atoms with Crippen LogP contribution in [0.1, 0.15) is 141 Å². The van der Waals surface area contributed by atoms with Gasteiger partial charge in [0.2, 0.25) is 14.1 Å². The van der Waals surface area contributed by atoms with Crippen molar-refractivity contribution in [1.82, 2.24) is 0 Å². The predicted octanol–water partition coefficient (Wildman–Crippen LogP) is 13.3. The Labute approximate surface area is 482 Å². The first-order valence-electron chi connectivity index (χ1n) is 30.7. The largest absolute Gasteiger partial charge is 0.410 e. The first-order chi connectivity index (χ1) is 38.1. The summed E-state index contributed by atoms with van der Waals surface area (Å²) >= 11 is 0. The van der Waals surface area contributed by atoms with Crippen LogP contribution in [0.2, 0.25) is 21.7 Å². The minimum Gasteiger partial charge on any atom is -0.410 e. The van der Waals surface area contributed by atoms with Crippen LogP contribution in [0.3, 0.4) is 0 Å². The van der Waals surface area contributed by atoms with Crippen LogP contribution in [0.5, 0.6) is 0 Å². The molecule has 0 unspecified atom stereocenters. The highest BCUT2D eigenvalue weighted by Gasteiger charge is 2.71. The van der Waals surface area contributed by atoms with Crippen LogP contribution in [-0.2, 0) is 58.1 Å². The van der Waals surface area contributed by atoms with E-state index in [9.17, 15) is 0 Å². The lowest BCUT2D eigenvalue weighted by atomic mass is 9.74. The van der Waals surface area contributed by atoms with E-state index in [1.54, 1.807) is 7.11 Å². The molecule has 6 saturated heterocycles. The number of hydrogen-bond acceptors (Lipinski definition) is 11. The molecule has 0 aliphatic carbocycles. The minimum atomic E-state index is -2.95. The van der Waals surface area contributed by atoms with Crippen LogP contribution in [0.4, 0.5) is 0 Å². The molecule has 16 atom stereocenters. The summed E-state index contributed by atoms with van der Waals surface area (Å²) in [6, 6.07) is 37.0. The van der Waals surface area contributed by atoms with Gasteiger partial charge in [0, 0.05) is 38.2 Å². The molecular weight excluding hydrogens is 1040 g/mol. The lowest BCUT2D eigenvalue weighted by Crippen LogP contribution is -2.70. The predicted molar refractivity (Wildman–Crippen MR) is 321 cm³/mol. The summed E-state index contributed by atoms with van der Waals surface area (Å²) in [4.78, 5) is 0. The molecule has 0 saturated carbocycles. The van der Waals surface area contributed by atoms with Gasteiger partial charge in [0.25, 0.3) is 8.32 Å². The van der Waals surface area contributed by atoms with Crippen molar-refractivity contribution in [2.45, 2.75) is 236 Å². The topological polar surface area (TPSA) is 105 Å². The summed E-state index contributed by atoms with van der Waals surface area (Å²) in [5, 5.41) is 4.69. The molecule has 6 heterocycles. The third-order valence-electron chi connectivity index (χ3n) is 20.3. The van der Waals surface area contributed by atoms with E-state index >= 15 is 0 Å². The third kappa shape index (κ3) is 11.2. The molecule has 440 valence electrons. The molecule has 0 radical (unpaired) electrons. The highest BCUT2D eigenvalue weighted by atomic mass is 28.4. The van der Waals surface area contributed by atoms with E-state index in [0.717, 1.165) is 31.2 Å². The zero-order chi connectivity index (χ0) is 57.0. The third-order valence-corrected chi connectivity index (χ3v) is 31.4. The number of methoxy groups -OCH3 is 1. The molecule has 13 heteroatoms. The summed E-state index contributed by atoms with van der Waals surface area (Å²) < 4.78 is 79.2.